The van der Waals surface area contributed by atoms with Crippen molar-refractivity contribution in [1.29, 1.82) is 0 Å². The minimum Gasteiger partial charge on any atom is -0.313 e. The fourth-order valence-corrected chi connectivity index (χ4v) is 4.20. The van der Waals surface area contributed by atoms with Crippen LogP contribution in [0.4, 0.5) is 0 Å². The summed E-state index contributed by atoms with van der Waals surface area (Å²) in [5.41, 5.74) is 2.00. The van der Waals surface area contributed by atoms with Gasteiger partial charge < -0.3 is 5.32 Å². The Morgan fingerprint density at radius 3 is 2.33 bits per heavy atom. The fraction of sp³-hybridized carbons (Fsp3) is 0.600. The van der Waals surface area contributed by atoms with E-state index < -0.39 is 10.0 Å². The smallest absolute Gasteiger partial charge is 0.218 e. The van der Waals surface area contributed by atoms with E-state index in [1.807, 2.05) is 37.4 Å². The van der Waals surface area contributed by atoms with Crippen molar-refractivity contribution < 1.29 is 8.42 Å². The molecule has 0 bridgehead atoms. The Labute approximate surface area is 133 Å². The third kappa shape index (κ3) is 5.98. The lowest BCUT2D eigenvalue weighted by Gasteiger charge is -2.23. The van der Waals surface area contributed by atoms with E-state index in [4.69, 9.17) is 0 Å². The molecule has 0 heterocycles. The van der Waals surface area contributed by atoms with Gasteiger partial charge in [-0.05, 0) is 30.9 Å². The highest BCUT2D eigenvalue weighted by molar-refractivity contribution is 7.98. The van der Waals surface area contributed by atoms with Gasteiger partial charge in [0, 0.05) is 25.4 Å². The van der Waals surface area contributed by atoms with E-state index in [1.165, 1.54) is 9.87 Å². The zero-order valence-corrected chi connectivity index (χ0v) is 14.9. The molecule has 0 aliphatic carbocycles. The number of sulfonamides is 1. The molecule has 0 aliphatic rings. The maximum Gasteiger partial charge on any atom is 0.218 e. The molecule has 0 fully saturated rings. The van der Waals surface area contributed by atoms with E-state index in [-0.39, 0.29) is 11.8 Å². The van der Waals surface area contributed by atoms with Gasteiger partial charge in [0.2, 0.25) is 10.0 Å². The molecule has 1 N–H and O–H groups in total. The molecular weight excluding hydrogens is 304 g/mol. The average Bonchev–Trinajstić information content (AvgIpc) is 2.45. The monoisotopic (exact) mass is 330 g/mol. The van der Waals surface area contributed by atoms with Gasteiger partial charge in [-0.25, -0.2) is 12.7 Å². The molecular formula is C15H26N2O2S2. The predicted octanol–water partition coefficient (Wildman–Crippen LogP) is 2.31. The third-order valence-electron chi connectivity index (χ3n) is 3.42. The normalized spacial score (nSPS) is 13.6. The van der Waals surface area contributed by atoms with Gasteiger partial charge >= 0.3 is 0 Å². The number of hydrogen-bond donors (Lipinski definition) is 1. The molecule has 1 unspecified atom stereocenters. The average molecular weight is 331 g/mol. The summed E-state index contributed by atoms with van der Waals surface area (Å²) in [4.78, 5) is 0. The first-order valence-corrected chi connectivity index (χ1v) is 10.1. The molecule has 1 aromatic carbocycles. The second-order valence-electron chi connectivity index (χ2n) is 5.17. The maximum absolute atomic E-state index is 12.4. The Balaban J connectivity index is 2.70. The Morgan fingerprint density at radius 2 is 1.81 bits per heavy atom. The minimum absolute atomic E-state index is 0.0121. The molecule has 4 nitrogen and oxygen atoms in total. The fourth-order valence-electron chi connectivity index (χ4n) is 1.96. The Morgan fingerprint density at radius 1 is 1.24 bits per heavy atom. The number of nitrogens with zero attached hydrogens (tertiary/aromatic N) is 1. The predicted molar refractivity (Wildman–Crippen MR) is 92.1 cm³/mol. The highest BCUT2D eigenvalue weighted by atomic mass is 32.2. The van der Waals surface area contributed by atoms with Gasteiger partial charge in [0.15, 0.2) is 0 Å². The lowest BCUT2D eigenvalue weighted by atomic mass is 10.1. The molecule has 0 aliphatic heterocycles. The first-order valence-electron chi connectivity index (χ1n) is 7.14. The van der Waals surface area contributed by atoms with Crippen LogP contribution in [0.5, 0.6) is 0 Å². The van der Waals surface area contributed by atoms with E-state index in [0.29, 0.717) is 0 Å². The first-order chi connectivity index (χ1) is 9.90. The van der Waals surface area contributed by atoms with Gasteiger partial charge in [-0.2, -0.15) is 11.8 Å². The Bertz CT molecular complexity index is 515. The van der Waals surface area contributed by atoms with E-state index >= 15 is 0 Å². The second kappa shape index (κ2) is 8.78. The lowest BCUT2D eigenvalue weighted by Crippen LogP contribution is -2.37. The molecule has 120 valence electrons. The summed E-state index contributed by atoms with van der Waals surface area (Å²) in [6.07, 6.45) is 1.99. The van der Waals surface area contributed by atoms with Gasteiger partial charge in [-0.15, -0.1) is 0 Å². The quantitative estimate of drug-likeness (QED) is 0.755. The van der Waals surface area contributed by atoms with Crippen LogP contribution in [0, 0.1) is 0 Å². The molecule has 0 saturated heterocycles. The van der Waals surface area contributed by atoms with Crippen molar-refractivity contribution in [2.24, 2.45) is 0 Å². The minimum atomic E-state index is -3.26. The summed E-state index contributed by atoms with van der Waals surface area (Å²) in [5, 5.41) is 3.25. The van der Waals surface area contributed by atoms with E-state index in [9.17, 15) is 8.42 Å². The number of thioether (sulfide) groups is 1. The summed E-state index contributed by atoms with van der Waals surface area (Å²) in [6.45, 7) is 5.74. The molecule has 0 spiro atoms. The van der Waals surface area contributed by atoms with Crippen molar-refractivity contribution in [2.75, 3.05) is 25.6 Å². The topological polar surface area (TPSA) is 49.4 Å². The zero-order valence-electron chi connectivity index (χ0n) is 13.3. The molecule has 1 atom stereocenters. The van der Waals surface area contributed by atoms with Crippen LogP contribution in [0.3, 0.4) is 0 Å². The second-order valence-corrected chi connectivity index (χ2v) is 8.11. The van der Waals surface area contributed by atoms with Crippen molar-refractivity contribution in [2.45, 2.75) is 32.2 Å². The molecule has 1 aromatic rings. The van der Waals surface area contributed by atoms with Crippen molar-refractivity contribution in [3.8, 4) is 0 Å². The highest BCUT2D eigenvalue weighted by Gasteiger charge is 2.23. The van der Waals surface area contributed by atoms with Crippen molar-refractivity contribution >= 4 is 21.8 Å². The Hall–Kier alpha value is -0.560. The van der Waals surface area contributed by atoms with E-state index in [1.54, 1.807) is 18.8 Å². The standard InChI is InChI=1S/C15H26N2O2S2/c1-5-16-10-14-6-8-15(9-7-14)12-21(18,19)17(3)13(2)11-20-4/h6-9,13,16H,5,10-12H2,1-4H3. The van der Waals surface area contributed by atoms with Crippen LogP contribution in [0.15, 0.2) is 24.3 Å². The lowest BCUT2D eigenvalue weighted by molar-refractivity contribution is 0.414. The molecule has 1 rings (SSSR count). The van der Waals surface area contributed by atoms with Gasteiger partial charge in [0.1, 0.15) is 0 Å². The van der Waals surface area contributed by atoms with Crippen LogP contribution in [0.1, 0.15) is 25.0 Å². The Kier molecular flexibility index (Phi) is 7.73. The van der Waals surface area contributed by atoms with Gasteiger partial charge in [0.25, 0.3) is 0 Å². The van der Waals surface area contributed by atoms with Crippen LogP contribution in [0.2, 0.25) is 0 Å². The molecule has 6 heteroatoms. The summed E-state index contributed by atoms with van der Waals surface area (Å²) >= 11 is 1.66. The van der Waals surface area contributed by atoms with E-state index in [2.05, 4.69) is 12.2 Å². The van der Waals surface area contributed by atoms with Crippen LogP contribution in [-0.4, -0.2) is 44.4 Å². The molecule has 0 amide bonds. The summed E-state index contributed by atoms with van der Waals surface area (Å²) in [5.74, 6) is 0.862. The van der Waals surface area contributed by atoms with E-state index in [0.717, 1.165) is 24.4 Å². The number of hydrogen-bond acceptors (Lipinski definition) is 4. The molecule has 0 saturated carbocycles. The van der Waals surface area contributed by atoms with Crippen LogP contribution >= 0.6 is 11.8 Å². The zero-order chi connectivity index (χ0) is 15.9. The largest absolute Gasteiger partial charge is 0.313 e. The summed E-state index contributed by atoms with van der Waals surface area (Å²) in [6, 6.07) is 7.78. The van der Waals surface area contributed by atoms with Crippen molar-refractivity contribution in [1.82, 2.24) is 9.62 Å². The molecule has 0 aromatic heterocycles. The molecule has 21 heavy (non-hydrogen) atoms. The highest BCUT2D eigenvalue weighted by Crippen LogP contribution is 2.15. The van der Waals surface area contributed by atoms with Crippen LogP contribution in [0.25, 0.3) is 0 Å². The summed E-state index contributed by atoms with van der Waals surface area (Å²) < 4.78 is 26.2. The third-order valence-corrected chi connectivity index (χ3v) is 6.17. The van der Waals surface area contributed by atoms with Gasteiger partial charge in [-0.1, -0.05) is 31.2 Å². The van der Waals surface area contributed by atoms with Gasteiger partial charge in [-0.3, -0.25) is 0 Å². The SMILES string of the molecule is CCNCc1ccc(CS(=O)(=O)N(C)C(C)CSC)cc1. The van der Waals surface area contributed by atoms with Crippen LogP contribution in [-0.2, 0) is 22.3 Å². The first kappa shape index (κ1) is 18.5. The number of nitrogens with one attached hydrogen (secondary N) is 1. The van der Waals surface area contributed by atoms with Gasteiger partial charge in [0.05, 0.1) is 5.75 Å². The number of rotatable bonds is 9. The number of benzene rings is 1. The molecule has 0 radical (unpaired) electrons. The maximum atomic E-state index is 12.4. The summed E-state index contributed by atoms with van der Waals surface area (Å²) in [7, 11) is -1.60. The van der Waals surface area contributed by atoms with Crippen LogP contribution < -0.4 is 5.32 Å². The van der Waals surface area contributed by atoms with Crippen molar-refractivity contribution in [3.63, 3.8) is 0 Å². The van der Waals surface area contributed by atoms with Crippen molar-refractivity contribution in [3.05, 3.63) is 35.4 Å².